The van der Waals surface area contributed by atoms with Gasteiger partial charge < -0.3 is 32.2 Å². The van der Waals surface area contributed by atoms with Gasteiger partial charge in [-0.2, -0.15) is 0 Å². The van der Waals surface area contributed by atoms with Crippen molar-refractivity contribution in [2.45, 2.75) is 49.3 Å². The molecule has 0 spiro atoms. The molecule has 0 unspecified atom stereocenters. The molecular formula is C31H42N6O4S. The van der Waals surface area contributed by atoms with Crippen LogP contribution < -0.4 is 27.3 Å². The summed E-state index contributed by atoms with van der Waals surface area (Å²) in [7, 11) is 1.61. The fourth-order valence-electron chi connectivity index (χ4n) is 4.57. The van der Waals surface area contributed by atoms with Crippen molar-refractivity contribution in [3.05, 3.63) is 71.9 Å². The predicted molar refractivity (Wildman–Crippen MR) is 168 cm³/mol. The van der Waals surface area contributed by atoms with Crippen molar-refractivity contribution < 1.29 is 19.1 Å². The quantitative estimate of drug-likeness (QED) is 0.194. The number of rotatable bonds is 16. The smallest absolute Gasteiger partial charge is 0.238 e. The first-order valence-electron chi connectivity index (χ1n) is 13.9. The maximum atomic E-state index is 13.8. The third kappa shape index (κ3) is 9.25. The number of benzene rings is 2. The van der Waals surface area contributed by atoms with E-state index >= 15 is 0 Å². The number of para-hydroxylation sites is 1. The number of Topliss-reactive ketones (excluding diaryl/α,β-unsaturated/α-hetero) is 1. The maximum Gasteiger partial charge on any atom is 0.238 e. The number of ether oxygens (including phenoxy) is 1. The van der Waals surface area contributed by atoms with Crippen LogP contribution in [-0.4, -0.2) is 77.6 Å². The van der Waals surface area contributed by atoms with Crippen LogP contribution in [0.1, 0.15) is 31.4 Å². The van der Waals surface area contributed by atoms with E-state index in [2.05, 4.69) is 10.3 Å². The summed E-state index contributed by atoms with van der Waals surface area (Å²) in [4.78, 5) is 45.9. The summed E-state index contributed by atoms with van der Waals surface area (Å²) in [6, 6.07) is 15.3. The van der Waals surface area contributed by atoms with E-state index in [0.29, 0.717) is 18.8 Å². The van der Waals surface area contributed by atoms with Crippen LogP contribution in [-0.2, 0) is 26.6 Å². The maximum absolute atomic E-state index is 13.8. The molecule has 0 saturated carbocycles. The summed E-state index contributed by atoms with van der Waals surface area (Å²) >= 11 is 1.54. The molecule has 0 aliphatic heterocycles. The molecule has 1 aromatic heterocycles. The molecule has 2 atom stereocenters. The molecule has 3 rings (SSSR count). The van der Waals surface area contributed by atoms with Crippen LogP contribution in [0.2, 0.25) is 0 Å². The number of nitrogens with one attached hydrogen (secondary N) is 1. The predicted octanol–water partition coefficient (Wildman–Crippen LogP) is 2.02. The van der Waals surface area contributed by atoms with Gasteiger partial charge in [-0.3, -0.25) is 19.4 Å². The zero-order valence-electron chi connectivity index (χ0n) is 24.5. The molecular weight excluding hydrogens is 552 g/mol. The topological polar surface area (TPSA) is 167 Å². The van der Waals surface area contributed by atoms with Crippen molar-refractivity contribution in [3.8, 4) is 5.75 Å². The molecule has 7 N–H and O–H groups in total. The van der Waals surface area contributed by atoms with Crippen LogP contribution in [0, 0.1) is 0 Å². The Balaban J connectivity index is 1.79. The lowest BCUT2D eigenvalue weighted by Crippen LogP contribution is -2.57. The van der Waals surface area contributed by atoms with E-state index < -0.39 is 22.7 Å². The number of carbonyl (C=O) groups is 3. The van der Waals surface area contributed by atoms with E-state index in [1.807, 2.05) is 68.4 Å². The second-order valence-corrected chi connectivity index (χ2v) is 12.3. The van der Waals surface area contributed by atoms with Gasteiger partial charge in [0.2, 0.25) is 11.8 Å². The highest BCUT2D eigenvalue weighted by atomic mass is 32.2. The van der Waals surface area contributed by atoms with Gasteiger partial charge in [-0.15, -0.1) is 11.8 Å². The SMILES string of the molecule is COc1ccc(CSC(C)(C)[C@H](NC(=O)[C@@H](N)CC(=O)N(CCN)CCN)C(=O)Cc2cnc3ccccc3c2)cc1. The summed E-state index contributed by atoms with van der Waals surface area (Å²) in [5, 5.41) is 3.81. The number of nitrogens with two attached hydrogens (primary N) is 3. The standard InChI is InChI=1S/C31H42N6O4S/c1-31(2,42-20-21-8-10-24(41-3)11-9-21)29(27(38)17-22-16-23-6-4-5-7-26(23)35-19-22)36-30(40)25(34)18-28(39)37(14-12-32)15-13-33/h4-11,16,19,25,29H,12-15,17-18,20,32-34H2,1-3H3,(H,36,40)/t25-,29+/m0/s1. The molecule has 0 radical (unpaired) electrons. The first kappa shape index (κ1) is 33.0. The summed E-state index contributed by atoms with van der Waals surface area (Å²) in [6.07, 6.45) is 1.54. The molecule has 3 aromatic rings. The molecule has 1 heterocycles. The molecule has 0 bridgehead atoms. The van der Waals surface area contributed by atoms with Gasteiger partial charge >= 0.3 is 0 Å². The number of pyridine rings is 1. The van der Waals surface area contributed by atoms with Crippen LogP contribution in [0.5, 0.6) is 5.75 Å². The summed E-state index contributed by atoms with van der Waals surface area (Å²) in [5.41, 5.74) is 20.0. The van der Waals surface area contributed by atoms with E-state index in [9.17, 15) is 14.4 Å². The number of methoxy groups -OCH3 is 1. The minimum Gasteiger partial charge on any atom is -0.497 e. The largest absolute Gasteiger partial charge is 0.497 e. The Morgan fingerprint density at radius 2 is 1.69 bits per heavy atom. The molecule has 0 saturated heterocycles. The van der Waals surface area contributed by atoms with Gasteiger partial charge in [-0.25, -0.2) is 0 Å². The van der Waals surface area contributed by atoms with Crippen molar-refractivity contribution in [1.29, 1.82) is 0 Å². The Bertz CT molecular complexity index is 1340. The average Bonchev–Trinajstić information content (AvgIpc) is 2.98. The molecule has 42 heavy (non-hydrogen) atoms. The van der Waals surface area contributed by atoms with E-state index in [1.54, 1.807) is 25.1 Å². The fraction of sp³-hybridized carbons (Fsp3) is 0.419. The lowest BCUT2D eigenvalue weighted by molar-refractivity contribution is -0.135. The Morgan fingerprint density at radius 1 is 1.02 bits per heavy atom. The van der Waals surface area contributed by atoms with Crippen LogP contribution >= 0.6 is 11.8 Å². The molecule has 11 heteroatoms. The summed E-state index contributed by atoms with van der Waals surface area (Å²) < 4.78 is 4.53. The highest BCUT2D eigenvalue weighted by Crippen LogP contribution is 2.33. The first-order valence-corrected chi connectivity index (χ1v) is 14.9. The lowest BCUT2D eigenvalue weighted by atomic mass is 9.94. The minimum absolute atomic E-state index is 0.0737. The van der Waals surface area contributed by atoms with Crippen LogP contribution in [0.25, 0.3) is 10.9 Å². The van der Waals surface area contributed by atoms with Crippen molar-refractivity contribution in [1.82, 2.24) is 15.2 Å². The summed E-state index contributed by atoms with van der Waals surface area (Å²) in [5.74, 6) is 0.293. The molecule has 0 aliphatic carbocycles. The zero-order chi connectivity index (χ0) is 30.7. The van der Waals surface area contributed by atoms with Gasteiger partial charge in [-0.1, -0.05) is 30.3 Å². The third-order valence-electron chi connectivity index (χ3n) is 6.98. The number of nitrogens with zero attached hydrogens (tertiary/aromatic N) is 2. The number of carbonyl (C=O) groups excluding carboxylic acids is 3. The average molecular weight is 595 g/mol. The number of hydrogen-bond acceptors (Lipinski definition) is 9. The lowest BCUT2D eigenvalue weighted by Gasteiger charge is -2.34. The van der Waals surface area contributed by atoms with E-state index in [1.165, 1.54) is 4.90 Å². The van der Waals surface area contributed by atoms with Gasteiger partial charge in [0.15, 0.2) is 5.78 Å². The first-order chi connectivity index (χ1) is 20.1. The van der Waals surface area contributed by atoms with E-state index in [0.717, 1.165) is 27.8 Å². The molecule has 2 aromatic carbocycles. The monoisotopic (exact) mass is 594 g/mol. The van der Waals surface area contributed by atoms with Crippen LogP contribution in [0.4, 0.5) is 0 Å². The van der Waals surface area contributed by atoms with Gasteiger partial charge in [0.1, 0.15) is 11.8 Å². The molecule has 2 amide bonds. The Hall–Kier alpha value is -3.51. The van der Waals surface area contributed by atoms with Crippen molar-refractivity contribution in [2.75, 3.05) is 33.3 Å². The van der Waals surface area contributed by atoms with Crippen molar-refractivity contribution in [3.63, 3.8) is 0 Å². The molecule has 0 fully saturated rings. The Kier molecular flexibility index (Phi) is 12.3. The zero-order valence-corrected chi connectivity index (χ0v) is 25.4. The van der Waals surface area contributed by atoms with Gasteiger partial charge in [0.25, 0.3) is 0 Å². The van der Waals surface area contributed by atoms with Gasteiger partial charge in [0.05, 0.1) is 25.1 Å². The highest BCUT2D eigenvalue weighted by Gasteiger charge is 2.38. The minimum atomic E-state index is -1.14. The third-order valence-corrected chi connectivity index (χ3v) is 8.44. The Labute approximate surface area is 251 Å². The normalized spacial score (nSPS) is 12.9. The Morgan fingerprint density at radius 3 is 2.33 bits per heavy atom. The van der Waals surface area contributed by atoms with Gasteiger partial charge in [-0.05, 0) is 49.2 Å². The number of thioether (sulfide) groups is 1. The highest BCUT2D eigenvalue weighted by molar-refractivity contribution is 7.99. The molecule has 226 valence electrons. The summed E-state index contributed by atoms with van der Waals surface area (Å²) in [6.45, 7) is 5.02. The van der Waals surface area contributed by atoms with Crippen molar-refractivity contribution in [2.24, 2.45) is 17.2 Å². The van der Waals surface area contributed by atoms with Crippen LogP contribution in [0.3, 0.4) is 0 Å². The molecule has 10 nitrogen and oxygen atoms in total. The number of hydrogen-bond donors (Lipinski definition) is 4. The second kappa shape index (κ2) is 15.6. The number of amides is 2. The van der Waals surface area contributed by atoms with Crippen LogP contribution in [0.15, 0.2) is 60.8 Å². The van der Waals surface area contributed by atoms with Gasteiger partial charge in [0, 0.05) is 54.7 Å². The van der Waals surface area contributed by atoms with E-state index in [-0.39, 0.29) is 37.6 Å². The number of fused-ring (bicyclic) bond motifs is 1. The number of ketones is 1. The fourth-order valence-corrected chi connectivity index (χ4v) is 5.65. The number of aromatic nitrogens is 1. The van der Waals surface area contributed by atoms with E-state index in [4.69, 9.17) is 21.9 Å². The van der Waals surface area contributed by atoms with Crippen molar-refractivity contribution >= 4 is 40.3 Å². The second-order valence-electron chi connectivity index (χ2n) is 10.6. The molecule has 0 aliphatic rings.